The van der Waals surface area contributed by atoms with Crippen molar-refractivity contribution >= 4 is 21.6 Å². The van der Waals surface area contributed by atoms with Gasteiger partial charge in [0, 0.05) is 23.3 Å². The summed E-state index contributed by atoms with van der Waals surface area (Å²) in [6, 6.07) is 2.16. The predicted molar refractivity (Wildman–Crippen MR) is 63.2 cm³/mol. The van der Waals surface area contributed by atoms with Gasteiger partial charge in [0.05, 0.1) is 11.9 Å². The van der Waals surface area contributed by atoms with Gasteiger partial charge in [-0.1, -0.05) is 13.8 Å². The Labute approximate surface area is 93.2 Å². The number of nitrogens with one attached hydrogen (secondary N) is 1. The summed E-state index contributed by atoms with van der Waals surface area (Å²) in [6.45, 7) is 5.01. The predicted octanol–water partition coefficient (Wildman–Crippen LogP) is 2.24. The van der Waals surface area contributed by atoms with E-state index in [1.165, 1.54) is 0 Å². The minimum Gasteiger partial charge on any atom is -0.382 e. The van der Waals surface area contributed by atoms with E-state index >= 15 is 0 Å². The standard InChI is InChI=1S/C10H16BrN3/c1-7(2)10(12)6-14-9-3-8(11)4-13-5-9/h3-5,7,10,14H,6,12H2,1-2H3. The fraction of sp³-hybridized carbons (Fsp3) is 0.500. The Morgan fingerprint density at radius 1 is 1.50 bits per heavy atom. The van der Waals surface area contributed by atoms with Gasteiger partial charge in [0.1, 0.15) is 0 Å². The molecule has 0 aliphatic heterocycles. The van der Waals surface area contributed by atoms with Crippen molar-refractivity contribution in [1.29, 1.82) is 0 Å². The molecule has 78 valence electrons. The van der Waals surface area contributed by atoms with Crippen LogP contribution in [-0.2, 0) is 0 Å². The molecule has 1 unspecified atom stereocenters. The normalized spacial score (nSPS) is 12.9. The average molecular weight is 258 g/mol. The molecule has 0 bridgehead atoms. The Hall–Kier alpha value is -0.610. The van der Waals surface area contributed by atoms with E-state index in [1.54, 1.807) is 12.4 Å². The molecule has 0 saturated carbocycles. The second-order valence-corrected chi connectivity index (χ2v) is 4.60. The van der Waals surface area contributed by atoms with Gasteiger partial charge < -0.3 is 11.1 Å². The first-order valence-corrected chi connectivity index (χ1v) is 5.49. The fourth-order valence-electron chi connectivity index (χ4n) is 0.980. The van der Waals surface area contributed by atoms with Crippen LogP contribution >= 0.6 is 15.9 Å². The lowest BCUT2D eigenvalue weighted by Crippen LogP contribution is -2.33. The van der Waals surface area contributed by atoms with Crippen LogP contribution < -0.4 is 11.1 Å². The van der Waals surface area contributed by atoms with Crippen LogP contribution in [0.25, 0.3) is 0 Å². The summed E-state index contributed by atoms with van der Waals surface area (Å²) >= 11 is 3.36. The van der Waals surface area contributed by atoms with Crippen molar-refractivity contribution in [2.24, 2.45) is 11.7 Å². The largest absolute Gasteiger partial charge is 0.382 e. The molecule has 1 rings (SSSR count). The Morgan fingerprint density at radius 2 is 2.21 bits per heavy atom. The summed E-state index contributed by atoms with van der Waals surface area (Å²) in [7, 11) is 0. The maximum Gasteiger partial charge on any atom is 0.0538 e. The van der Waals surface area contributed by atoms with Crippen LogP contribution in [0.3, 0.4) is 0 Å². The number of halogens is 1. The lowest BCUT2D eigenvalue weighted by Gasteiger charge is -2.16. The topological polar surface area (TPSA) is 50.9 Å². The molecule has 0 aromatic carbocycles. The number of anilines is 1. The first-order valence-electron chi connectivity index (χ1n) is 4.69. The second-order valence-electron chi connectivity index (χ2n) is 3.68. The molecular weight excluding hydrogens is 242 g/mol. The molecule has 1 atom stereocenters. The molecule has 0 aliphatic rings. The van der Waals surface area contributed by atoms with Gasteiger partial charge in [0.2, 0.25) is 0 Å². The number of hydrogen-bond donors (Lipinski definition) is 2. The van der Waals surface area contributed by atoms with Gasteiger partial charge in [0.15, 0.2) is 0 Å². The molecule has 0 amide bonds. The SMILES string of the molecule is CC(C)C(N)CNc1cncc(Br)c1. The Bertz CT molecular complexity index is 288. The first kappa shape index (κ1) is 11.5. The fourth-order valence-corrected chi connectivity index (χ4v) is 1.34. The third-order valence-corrected chi connectivity index (χ3v) is 2.54. The van der Waals surface area contributed by atoms with Gasteiger partial charge in [0.25, 0.3) is 0 Å². The smallest absolute Gasteiger partial charge is 0.0538 e. The molecule has 0 saturated heterocycles. The lowest BCUT2D eigenvalue weighted by molar-refractivity contribution is 0.511. The molecule has 0 radical (unpaired) electrons. The van der Waals surface area contributed by atoms with Crippen molar-refractivity contribution in [3.63, 3.8) is 0 Å². The first-order chi connectivity index (χ1) is 6.59. The van der Waals surface area contributed by atoms with Gasteiger partial charge in [-0.05, 0) is 27.9 Å². The van der Waals surface area contributed by atoms with Crippen LogP contribution in [-0.4, -0.2) is 17.6 Å². The summed E-state index contributed by atoms with van der Waals surface area (Å²) in [5.74, 6) is 0.489. The number of nitrogens with two attached hydrogens (primary N) is 1. The van der Waals surface area contributed by atoms with Crippen LogP contribution in [0, 0.1) is 5.92 Å². The molecule has 1 aromatic heterocycles. The van der Waals surface area contributed by atoms with E-state index in [4.69, 9.17) is 5.73 Å². The molecule has 0 spiro atoms. The minimum atomic E-state index is 0.175. The van der Waals surface area contributed by atoms with E-state index in [0.29, 0.717) is 5.92 Å². The third kappa shape index (κ3) is 3.64. The van der Waals surface area contributed by atoms with Gasteiger partial charge in [-0.2, -0.15) is 0 Å². The molecule has 1 aromatic rings. The third-order valence-electron chi connectivity index (χ3n) is 2.10. The van der Waals surface area contributed by atoms with Gasteiger partial charge in [-0.15, -0.1) is 0 Å². The van der Waals surface area contributed by atoms with Crippen molar-refractivity contribution in [3.05, 3.63) is 22.9 Å². The molecule has 0 fully saturated rings. The van der Waals surface area contributed by atoms with Crippen molar-refractivity contribution in [3.8, 4) is 0 Å². The molecule has 3 N–H and O–H groups in total. The zero-order valence-electron chi connectivity index (χ0n) is 8.50. The summed E-state index contributed by atoms with van der Waals surface area (Å²) in [5.41, 5.74) is 6.90. The Balaban J connectivity index is 2.45. The van der Waals surface area contributed by atoms with E-state index < -0.39 is 0 Å². The van der Waals surface area contributed by atoms with Crippen molar-refractivity contribution in [1.82, 2.24) is 4.98 Å². The number of pyridine rings is 1. The van der Waals surface area contributed by atoms with E-state index in [1.807, 2.05) is 6.07 Å². The van der Waals surface area contributed by atoms with E-state index in [-0.39, 0.29) is 6.04 Å². The van der Waals surface area contributed by atoms with Crippen LogP contribution in [0.4, 0.5) is 5.69 Å². The quantitative estimate of drug-likeness (QED) is 0.870. The van der Waals surface area contributed by atoms with Crippen LogP contribution in [0.15, 0.2) is 22.9 Å². The van der Waals surface area contributed by atoms with E-state index in [9.17, 15) is 0 Å². The van der Waals surface area contributed by atoms with Gasteiger partial charge in [-0.25, -0.2) is 0 Å². The molecule has 14 heavy (non-hydrogen) atoms. The lowest BCUT2D eigenvalue weighted by atomic mass is 10.1. The Kier molecular flexibility index (Phi) is 4.35. The summed E-state index contributed by atoms with van der Waals surface area (Å²) in [6.07, 6.45) is 3.55. The van der Waals surface area contributed by atoms with E-state index in [2.05, 4.69) is 40.1 Å². The monoisotopic (exact) mass is 257 g/mol. The van der Waals surface area contributed by atoms with Gasteiger partial charge >= 0.3 is 0 Å². The molecule has 3 nitrogen and oxygen atoms in total. The second kappa shape index (κ2) is 5.32. The zero-order chi connectivity index (χ0) is 10.6. The minimum absolute atomic E-state index is 0.175. The maximum absolute atomic E-state index is 5.91. The average Bonchev–Trinajstić information content (AvgIpc) is 2.14. The van der Waals surface area contributed by atoms with Crippen LogP contribution in [0.2, 0.25) is 0 Å². The highest BCUT2D eigenvalue weighted by Crippen LogP contribution is 2.13. The zero-order valence-corrected chi connectivity index (χ0v) is 10.1. The van der Waals surface area contributed by atoms with Crippen LogP contribution in [0.1, 0.15) is 13.8 Å². The summed E-state index contributed by atoms with van der Waals surface area (Å²) in [5, 5.41) is 3.25. The maximum atomic E-state index is 5.91. The van der Waals surface area contributed by atoms with Crippen LogP contribution in [0.5, 0.6) is 0 Å². The number of hydrogen-bond acceptors (Lipinski definition) is 3. The number of rotatable bonds is 4. The molecule has 1 heterocycles. The number of nitrogens with zero attached hydrogens (tertiary/aromatic N) is 1. The Morgan fingerprint density at radius 3 is 2.79 bits per heavy atom. The van der Waals surface area contributed by atoms with Crippen molar-refractivity contribution in [2.45, 2.75) is 19.9 Å². The van der Waals surface area contributed by atoms with E-state index in [0.717, 1.165) is 16.7 Å². The molecule has 4 heteroatoms. The van der Waals surface area contributed by atoms with Gasteiger partial charge in [-0.3, -0.25) is 4.98 Å². The molecule has 0 aliphatic carbocycles. The summed E-state index contributed by atoms with van der Waals surface area (Å²) in [4.78, 5) is 4.06. The van der Waals surface area contributed by atoms with Crippen molar-refractivity contribution in [2.75, 3.05) is 11.9 Å². The highest BCUT2D eigenvalue weighted by Gasteiger charge is 2.06. The highest BCUT2D eigenvalue weighted by atomic mass is 79.9. The summed E-state index contributed by atoms with van der Waals surface area (Å²) < 4.78 is 0.973. The highest BCUT2D eigenvalue weighted by molar-refractivity contribution is 9.10. The number of aromatic nitrogens is 1. The van der Waals surface area contributed by atoms with Crippen molar-refractivity contribution < 1.29 is 0 Å². The molecular formula is C10H16BrN3.